The molecule has 96 valence electrons. The number of rotatable bonds is 6. The average molecular weight is 227 g/mol. The van der Waals surface area contributed by atoms with Gasteiger partial charge in [0.1, 0.15) is 0 Å². The van der Waals surface area contributed by atoms with Crippen LogP contribution in [0.2, 0.25) is 0 Å². The molecule has 0 heterocycles. The summed E-state index contributed by atoms with van der Waals surface area (Å²) in [6.45, 7) is 6.96. The molecule has 1 aliphatic rings. The smallest absolute Gasteiger partial charge is 0.0448 e. The van der Waals surface area contributed by atoms with E-state index in [1.54, 1.807) is 0 Å². The van der Waals surface area contributed by atoms with Crippen molar-refractivity contribution in [3.05, 3.63) is 0 Å². The van der Waals surface area contributed by atoms with Crippen molar-refractivity contribution in [2.75, 3.05) is 6.61 Å². The number of aliphatic hydroxyl groups is 1. The Morgan fingerprint density at radius 2 is 1.88 bits per heavy atom. The van der Waals surface area contributed by atoms with Gasteiger partial charge in [-0.25, -0.2) is 0 Å². The topological polar surface area (TPSA) is 32.3 Å². The highest BCUT2D eigenvalue weighted by molar-refractivity contribution is 4.86. The van der Waals surface area contributed by atoms with E-state index in [0.29, 0.717) is 6.04 Å². The summed E-state index contributed by atoms with van der Waals surface area (Å²) in [5, 5.41) is 12.8. The number of aliphatic hydroxyl groups excluding tert-OH is 1. The highest BCUT2D eigenvalue weighted by atomic mass is 16.3. The lowest BCUT2D eigenvalue weighted by atomic mass is 9.81. The second-order valence-corrected chi connectivity index (χ2v) is 5.91. The Hall–Kier alpha value is -0.0800. The molecule has 16 heavy (non-hydrogen) atoms. The van der Waals surface area contributed by atoms with Gasteiger partial charge in [0.25, 0.3) is 0 Å². The number of hydrogen-bond donors (Lipinski definition) is 2. The molecule has 2 nitrogen and oxygen atoms in total. The molecule has 0 aromatic heterocycles. The van der Waals surface area contributed by atoms with E-state index in [9.17, 15) is 0 Å². The van der Waals surface area contributed by atoms with Crippen molar-refractivity contribution >= 4 is 0 Å². The van der Waals surface area contributed by atoms with Gasteiger partial charge in [0.15, 0.2) is 0 Å². The Bertz CT molecular complexity index is 185. The van der Waals surface area contributed by atoms with Crippen LogP contribution in [-0.4, -0.2) is 23.3 Å². The van der Waals surface area contributed by atoms with Crippen molar-refractivity contribution in [3.63, 3.8) is 0 Å². The summed E-state index contributed by atoms with van der Waals surface area (Å²) in [7, 11) is 0. The molecule has 2 heteroatoms. The Kier molecular flexibility index (Phi) is 5.77. The zero-order valence-electron chi connectivity index (χ0n) is 11.3. The first kappa shape index (κ1) is 14.0. The van der Waals surface area contributed by atoms with Crippen molar-refractivity contribution in [3.8, 4) is 0 Å². The normalized spacial score (nSPS) is 21.0. The zero-order valence-corrected chi connectivity index (χ0v) is 11.3. The summed E-state index contributed by atoms with van der Waals surface area (Å²) in [5.74, 6) is 0.858. The quantitative estimate of drug-likeness (QED) is 0.731. The molecule has 1 atom stereocenters. The fourth-order valence-electron chi connectivity index (χ4n) is 2.94. The van der Waals surface area contributed by atoms with Gasteiger partial charge in [-0.3, -0.25) is 0 Å². The van der Waals surface area contributed by atoms with Crippen LogP contribution in [-0.2, 0) is 0 Å². The standard InChI is InChI=1S/C14H29NO/c1-4-13(12-8-6-5-7-9-12)15-14(2,3)10-11-16/h12-13,15-16H,4-11H2,1-3H3. The molecule has 1 rings (SSSR count). The van der Waals surface area contributed by atoms with Gasteiger partial charge in [-0.05, 0) is 45.4 Å². The van der Waals surface area contributed by atoms with E-state index in [1.807, 2.05) is 0 Å². The van der Waals surface area contributed by atoms with Gasteiger partial charge in [-0.15, -0.1) is 0 Å². The van der Waals surface area contributed by atoms with Crippen LogP contribution >= 0.6 is 0 Å². The van der Waals surface area contributed by atoms with E-state index in [4.69, 9.17) is 5.11 Å². The monoisotopic (exact) mass is 227 g/mol. The highest BCUT2D eigenvalue weighted by Gasteiger charge is 2.27. The molecule has 1 fully saturated rings. The van der Waals surface area contributed by atoms with Crippen LogP contribution in [0.1, 0.15) is 65.7 Å². The molecule has 0 radical (unpaired) electrons. The van der Waals surface area contributed by atoms with Crippen molar-refractivity contribution in [2.45, 2.75) is 77.3 Å². The van der Waals surface area contributed by atoms with E-state index in [0.717, 1.165) is 12.3 Å². The van der Waals surface area contributed by atoms with Crippen LogP contribution in [0, 0.1) is 5.92 Å². The summed E-state index contributed by atoms with van der Waals surface area (Å²) in [6.07, 6.45) is 9.07. The lowest BCUT2D eigenvalue weighted by Crippen LogP contribution is -2.49. The molecule has 0 bridgehead atoms. The first-order valence-corrected chi connectivity index (χ1v) is 6.97. The summed E-state index contributed by atoms with van der Waals surface area (Å²) in [5.41, 5.74) is 0.0763. The van der Waals surface area contributed by atoms with E-state index in [-0.39, 0.29) is 12.1 Å². The Morgan fingerprint density at radius 3 is 2.38 bits per heavy atom. The van der Waals surface area contributed by atoms with Gasteiger partial charge in [-0.2, -0.15) is 0 Å². The maximum Gasteiger partial charge on any atom is 0.0448 e. The van der Waals surface area contributed by atoms with Crippen LogP contribution in [0.3, 0.4) is 0 Å². The Labute approximate surface area is 101 Å². The molecule has 2 N–H and O–H groups in total. The van der Waals surface area contributed by atoms with Gasteiger partial charge < -0.3 is 10.4 Å². The molecule has 0 amide bonds. The third-order valence-corrected chi connectivity index (χ3v) is 3.97. The van der Waals surface area contributed by atoms with Crippen molar-refractivity contribution < 1.29 is 5.11 Å². The van der Waals surface area contributed by atoms with Crippen LogP contribution in [0.4, 0.5) is 0 Å². The average Bonchev–Trinajstić information content (AvgIpc) is 2.27. The number of hydrogen-bond acceptors (Lipinski definition) is 2. The van der Waals surface area contributed by atoms with Crippen LogP contribution < -0.4 is 5.32 Å². The van der Waals surface area contributed by atoms with Crippen LogP contribution in [0.25, 0.3) is 0 Å². The van der Waals surface area contributed by atoms with Crippen molar-refractivity contribution in [2.24, 2.45) is 5.92 Å². The summed E-state index contributed by atoms with van der Waals surface area (Å²) in [6, 6.07) is 0.641. The molecule has 1 unspecified atom stereocenters. The third-order valence-electron chi connectivity index (χ3n) is 3.97. The van der Waals surface area contributed by atoms with E-state index in [1.165, 1.54) is 38.5 Å². The van der Waals surface area contributed by atoms with Gasteiger partial charge in [0, 0.05) is 18.2 Å². The molecule has 0 spiro atoms. The fourth-order valence-corrected chi connectivity index (χ4v) is 2.94. The highest BCUT2D eigenvalue weighted by Crippen LogP contribution is 2.29. The third kappa shape index (κ3) is 4.42. The number of nitrogens with one attached hydrogen (secondary N) is 1. The molecule has 0 aromatic rings. The van der Waals surface area contributed by atoms with Gasteiger partial charge in [0.05, 0.1) is 0 Å². The van der Waals surface area contributed by atoms with Gasteiger partial charge >= 0.3 is 0 Å². The van der Waals surface area contributed by atoms with Gasteiger partial charge in [0.2, 0.25) is 0 Å². The molecular weight excluding hydrogens is 198 g/mol. The first-order chi connectivity index (χ1) is 7.59. The Balaban J connectivity index is 2.46. The summed E-state index contributed by atoms with van der Waals surface area (Å²) in [4.78, 5) is 0. The molecule has 0 aromatic carbocycles. The molecular formula is C14H29NO. The van der Waals surface area contributed by atoms with Crippen molar-refractivity contribution in [1.82, 2.24) is 5.32 Å². The maximum atomic E-state index is 9.06. The van der Waals surface area contributed by atoms with Crippen LogP contribution in [0.5, 0.6) is 0 Å². The molecule has 1 aliphatic carbocycles. The minimum absolute atomic E-state index is 0.0763. The predicted molar refractivity (Wildman–Crippen MR) is 69.6 cm³/mol. The molecule has 0 aliphatic heterocycles. The minimum Gasteiger partial charge on any atom is -0.396 e. The second-order valence-electron chi connectivity index (χ2n) is 5.91. The zero-order chi connectivity index (χ0) is 12.0. The van der Waals surface area contributed by atoms with Gasteiger partial charge in [-0.1, -0.05) is 26.2 Å². The largest absolute Gasteiger partial charge is 0.396 e. The summed E-state index contributed by atoms with van der Waals surface area (Å²) < 4.78 is 0. The minimum atomic E-state index is 0.0763. The Morgan fingerprint density at radius 1 is 1.25 bits per heavy atom. The van der Waals surface area contributed by atoms with E-state index < -0.39 is 0 Å². The fraction of sp³-hybridized carbons (Fsp3) is 1.00. The van der Waals surface area contributed by atoms with Crippen molar-refractivity contribution in [1.29, 1.82) is 0 Å². The summed E-state index contributed by atoms with van der Waals surface area (Å²) >= 11 is 0. The lowest BCUT2D eigenvalue weighted by Gasteiger charge is -2.37. The first-order valence-electron chi connectivity index (χ1n) is 6.97. The lowest BCUT2D eigenvalue weighted by molar-refractivity contribution is 0.180. The SMILES string of the molecule is CCC(NC(C)(C)CCO)C1CCCCC1. The predicted octanol–water partition coefficient (Wildman–Crippen LogP) is 3.10. The maximum absolute atomic E-state index is 9.06. The molecule has 0 saturated heterocycles. The van der Waals surface area contributed by atoms with E-state index >= 15 is 0 Å². The van der Waals surface area contributed by atoms with E-state index in [2.05, 4.69) is 26.1 Å². The molecule has 1 saturated carbocycles. The van der Waals surface area contributed by atoms with Crippen LogP contribution in [0.15, 0.2) is 0 Å². The second kappa shape index (κ2) is 6.61.